The Hall–Kier alpha value is -4.20. The van der Waals surface area contributed by atoms with E-state index in [2.05, 4.69) is 21.4 Å². The van der Waals surface area contributed by atoms with Gasteiger partial charge in [0.1, 0.15) is 11.6 Å². The quantitative estimate of drug-likeness (QED) is 0.328. The minimum absolute atomic E-state index is 0.155. The van der Waals surface area contributed by atoms with Crippen LogP contribution in [0.2, 0.25) is 0 Å². The number of anilines is 1. The van der Waals surface area contributed by atoms with Gasteiger partial charge in [-0.1, -0.05) is 42.5 Å². The first-order valence-electron chi connectivity index (χ1n) is 13.1. The Labute approximate surface area is 242 Å². The van der Waals surface area contributed by atoms with E-state index in [4.69, 9.17) is 4.74 Å². The summed E-state index contributed by atoms with van der Waals surface area (Å²) in [5, 5.41) is 14.7. The molecule has 0 aliphatic carbocycles. The van der Waals surface area contributed by atoms with Gasteiger partial charge in [-0.05, 0) is 83.0 Å². The van der Waals surface area contributed by atoms with Crippen LogP contribution >= 0.6 is 0 Å². The fraction of sp³-hybridized carbons (Fsp3) is 0.323. The number of sulfonamides is 1. The lowest BCUT2D eigenvalue weighted by Gasteiger charge is -2.23. The molecule has 0 saturated carbocycles. The molecule has 0 saturated heterocycles. The number of ether oxygens (including phenoxy) is 1. The van der Waals surface area contributed by atoms with Crippen molar-refractivity contribution in [1.82, 2.24) is 10.0 Å². The molecule has 0 aliphatic rings. The zero-order chi connectivity index (χ0) is 30.4. The van der Waals surface area contributed by atoms with E-state index in [0.717, 1.165) is 5.56 Å². The summed E-state index contributed by atoms with van der Waals surface area (Å²) in [6, 6.07) is 21.8. The average molecular weight is 577 g/mol. The van der Waals surface area contributed by atoms with Gasteiger partial charge in [0.25, 0.3) is 5.91 Å². The van der Waals surface area contributed by atoms with E-state index in [9.17, 15) is 23.3 Å². The Morgan fingerprint density at radius 3 is 2.20 bits per heavy atom. The van der Waals surface area contributed by atoms with Gasteiger partial charge in [0.2, 0.25) is 10.0 Å². The molecule has 3 rings (SSSR count). The summed E-state index contributed by atoms with van der Waals surface area (Å²) in [6.45, 7) is 10.4. The second kappa shape index (κ2) is 12.5. The average Bonchev–Trinajstić information content (AvgIpc) is 2.86. The van der Waals surface area contributed by atoms with E-state index in [1.165, 1.54) is 0 Å². The van der Waals surface area contributed by atoms with Crippen molar-refractivity contribution in [2.75, 3.05) is 5.32 Å². The summed E-state index contributed by atoms with van der Waals surface area (Å²) in [5.74, 6) is -0.601. The number of imide groups is 1. The van der Waals surface area contributed by atoms with Crippen molar-refractivity contribution in [1.29, 1.82) is 5.26 Å². The molecule has 0 unspecified atom stereocenters. The Balaban J connectivity index is 1.88. The minimum atomic E-state index is -3.79. The SMILES string of the molecule is CC(C)(C)NS(=O)(=O)c1ccccc1-c1ccc(N[C@@H](Cc2cccc(C#N)c2)C(=O)NC(=O)OC(C)(C)C)cc1. The highest BCUT2D eigenvalue weighted by atomic mass is 32.2. The standard InChI is InChI=1S/C31H36N4O5S/c1-30(2,3)35-41(38,39)27-13-8-7-12-25(27)23-14-16-24(17-15-23)33-26(19-21-10-9-11-22(18-21)20-32)28(36)34-29(37)40-31(4,5)6/h7-18,26,33,35H,19H2,1-6H3,(H,34,36,37)/t26-/m0/s1. The monoisotopic (exact) mass is 576 g/mol. The highest BCUT2D eigenvalue weighted by Gasteiger charge is 2.26. The molecule has 3 aromatic rings. The van der Waals surface area contributed by atoms with Crippen molar-refractivity contribution in [3.05, 3.63) is 83.9 Å². The number of benzene rings is 3. The maximum absolute atomic E-state index is 13.1. The number of hydrogen-bond donors (Lipinski definition) is 3. The second-order valence-electron chi connectivity index (χ2n) is 11.6. The van der Waals surface area contributed by atoms with Gasteiger partial charge >= 0.3 is 6.09 Å². The third kappa shape index (κ3) is 9.45. The molecular formula is C31H36N4O5S. The van der Waals surface area contributed by atoms with Gasteiger partial charge in [-0.15, -0.1) is 0 Å². The molecule has 216 valence electrons. The number of nitrogens with zero attached hydrogens (tertiary/aromatic N) is 1. The largest absolute Gasteiger partial charge is 0.444 e. The molecule has 1 atom stereocenters. The number of alkyl carbamates (subject to hydrolysis) is 1. The molecule has 3 N–H and O–H groups in total. The fourth-order valence-corrected chi connectivity index (χ4v) is 5.70. The molecule has 41 heavy (non-hydrogen) atoms. The van der Waals surface area contributed by atoms with Crippen molar-refractivity contribution in [3.8, 4) is 17.2 Å². The van der Waals surface area contributed by atoms with Gasteiger partial charge in [0.15, 0.2) is 0 Å². The molecule has 0 aliphatic heterocycles. The van der Waals surface area contributed by atoms with Crippen molar-refractivity contribution < 1.29 is 22.7 Å². The maximum Gasteiger partial charge on any atom is 0.414 e. The van der Waals surface area contributed by atoms with Crippen LogP contribution in [0, 0.1) is 11.3 Å². The Morgan fingerprint density at radius 1 is 0.927 bits per heavy atom. The number of rotatable bonds is 8. The van der Waals surface area contributed by atoms with Crippen LogP contribution in [0.4, 0.5) is 10.5 Å². The van der Waals surface area contributed by atoms with Crippen LogP contribution in [0.3, 0.4) is 0 Å². The number of carbonyl (C=O) groups is 2. The van der Waals surface area contributed by atoms with E-state index in [1.54, 1.807) is 114 Å². The van der Waals surface area contributed by atoms with Crippen LogP contribution < -0.4 is 15.4 Å². The third-order valence-electron chi connectivity index (χ3n) is 5.59. The number of carbonyl (C=O) groups excluding carboxylic acids is 2. The molecule has 2 amide bonds. The predicted octanol–water partition coefficient (Wildman–Crippen LogP) is 5.38. The zero-order valence-electron chi connectivity index (χ0n) is 24.1. The van der Waals surface area contributed by atoms with Gasteiger partial charge in [0.05, 0.1) is 16.5 Å². The number of hydrogen-bond acceptors (Lipinski definition) is 7. The van der Waals surface area contributed by atoms with Gasteiger partial charge in [-0.3, -0.25) is 10.1 Å². The van der Waals surface area contributed by atoms with Crippen LogP contribution in [-0.2, 0) is 26.0 Å². The van der Waals surface area contributed by atoms with Crippen LogP contribution in [0.25, 0.3) is 11.1 Å². The summed E-state index contributed by atoms with van der Waals surface area (Å²) in [7, 11) is -3.79. The fourth-order valence-electron chi connectivity index (χ4n) is 4.05. The lowest BCUT2D eigenvalue weighted by atomic mass is 10.0. The van der Waals surface area contributed by atoms with Gasteiger partial charge in [0, 0.05) is 23.2 Å². The van der Waals surface area contributed by atoms with E-state index >= 15 is 0 Å². The Kier molecular flexibility index (Phi) is 9.58. The van der Waals surface area contributed by atoms with E-state index in [1.807, 2.05) is 0 Å². The van der Waals surface area contributed by atoms with Crippen LogP contribution in [0.1, 0.15) is 52.7 Å². The smallest absolute Gasteiger partial charge is 0.414 e. The van der Waals surface area contributed by atoms with Crippen LogP contribution in [0.15, 0.2) is 77.7 Å². The molecule has 0 heterocycles. The van der Waals surface area contributed by atoms with Crippen molar-refractivity contribution in [2.24, 2.45) is 0 Å². The summed E-state index contributed by atoms with van der Waals surface area (Å²) in [4.78, 5) is 25.6. The number of nitrogens with one attached hydrogen (secondary N) is 3. The summed E-state index contributed by atoms with van der Waals surface area (Å²) < 4.78 is 34.1. The first kappa shape index (κ1) is 31.3. The summed E-state index contributed by atoms with van der Waals surface area (Å²) in [6.07, 6.45) is -0.678. The molecule has 9 nitrogen and oxygen atoms in total. The summed E-state index contributed by atoms with van der Waals surface area (Å²) >= 11 is 0. The van der Waals surface area contributed by atoms with Crippen LogP contribution in [0.5, 0.6) is 0 Å². The molecule has 0 bridgehead atoms. The van der Waals surface area contributed by atoms with E-state index in [-0.39, 0.29) is 11.3 Å². The van der Waals surface area contributed by atoms with Crippen molar-refractivity contribution in [3.63, 3.8) is 0 Å². The zero-order valence-corrected chi connectivity index (χ0v) is 24.9. The molecule has 0 spiro atoms. The number of amides is 2. The van der Waals surface area contributed by atoms with E-state index < -0.39 is 39.2 Å². The first-order valence-corrected chi connectivity index (χ1v) is 14.6. The Morgan fingerprint density at radius 2 is 1.59 bits per heavy atom. The van der Waals surface area contributed by atoms with Gasteiger partial charge < -0.3 is 10.1 Å². The molecule has 3 aromatic carbocycles. The molecule has 0 aromatic heterocycles. The predicted molar refractivity (Wildman–Crippen MR) is 159 cm³/mol. The Bertz CT molecular complexity index is 1550. The lowest BCUT2D eigenvalue weighted by molar-refractivity contribution is -0.121. The molecule has 0 radical (unpaired) electrons. The van der Waals surface area contributed by atoms with E-state index in [0.29, 0.717) is 22.4 Å². The first-order chi connectivity index (χ1) is 19.1. The highest BCUT2D eigenvalue weighted by molar-refractivity contribution is 7.89. The molecule has 0 fully saturated rings. The minimum Gasteiger partial charge on any atom is -0.444 e. The van der Waals surface area contributed by atoms with Crippen molar-refractivity contribution >= 4 is 27.7 Å². The van der Waals surface area contributed by atoms with Crippen molar-refractivity contribution in [2.45, 2.75) is 70.0 Å². The summed E-state index contributed by atoms with van der Waals surface area (Å²) in [5.41, 5.74) is 1.52. The normalized spacial score (nSPS) is 12.6. The number of nitriles is 1. The molecular weight excluding hydrogens is 540 g/mol. The maximum atomic E-state index is 13.1. The van der Waals surface area contributed by atoms with Gasteiger partial charge in [-0.25, -0.2) is 17.9 Å². The third-order valence-corrected chi connectivity index (χ3v) is 7.41. The lowest BCUT2D eigenvalue weighted by Crippen LogP contribution is -2.45. The highest BCUT2D eigenvalue weighted by Crippen LogP contribution is 2.29. The van der Waals surface area contributed by atoms with Gasteiger partial charge in [-0.2, -0.15) is 5.26 Å². The second-order valence-corrected chi connectivity index (χ2v) is 13.3. The molecule has 10 heteroatoms. The topological polar surface area (TPSA) is 137 Å². The van der Waals surface area contributed by atoms with Crippen LogP contribution in [-0.4, -0.2) is 37.6 Å².